The summed E-state index contributed by atoms with van der Waals surface area (Å²) in [6.45, 7) is 9.00. The van der Waals surface area contributed by atoms with E-state index >= 15 is 0 Å². The van der Waals surface area contributed by atoms with E-state index in [9.17, 15) is 13.2 Å². The molecule has 0 unspecified atom stereocenters. The second-order valence-corrected chi connectivity index (χ2v) is 6.55. The Balaban J connectivity index is 2.84. The standard InChI is InChI=1S/C14H19NO4S/c1-10(2)9-19-14(16)12-5-7-13(8-6-12)20(17,18)15-11(3)4/h5-8,11,15H,1,9H2,2-4H3. The van der Waals surface area contributed by atoms with Gasteiger partial charge in [-0.05, 0) is 50.6 Å². The first-order valence-electron chi connectivity index (χ1n) is 6.16. The Morgan fingerprint density at radius 2 is 1.85 bits per heavy atom. The van der Waals surface area contributed by atoms with Gasteiger partial charge in [0, 0.05) is 6.04 Å². The van der Waals surface area contributed by atoms with Gasteiger partial charge in [-0.1, -0.05) is 6.58 Å². The van der Waals surface area contributed by atoms with E-state index in [4.69, 9.17) is 4.74 Å². The van der Waals surface area contributed by atoms with E-state index in [0.29, 0.717) is 5.56 Å². The lowest BCUT2D eigenvalue weighted by molar-refractivity contribution is 0.0540. The van der Waals surface area contributed by atoms with Gasteiger partial charge >= 0.3 is 5.97 Å². The number of sulfonamides is 1. The van der Waals surface area contributed by atoms with E-state index in [-0.39, 0.29) is 17.5 Å². The van der Waals surface area contributed by atoms with Crippen molar-refractivity contribution in [3.8, 4) is 0 Å². The van der Waals surface area contributed by atoms with Gasteiger partial charge in [-0.25, -0.2) is 17.9 Å². The predicted octanol–water partition coefficient (Wildman–Crippen LogP) is 2.11. The second kappa shape index (κ2) is 6.67. The average Bonchev–Trinajstić information content (AvgIpc) is 2.34. The molecule has 110 valence electrons. The van der Waals surface area contributed by atoms with Gasteiger partial charge in [0.1, 0.15) is 6.61 Å². The molecule has 5 nitrogen and oxygen atoms in total. The molecule has 1 aromatic rings. The quantitative estimate of drug-likeness (QED) is 0.645. The zero-order valence-corrected chi connectivity index (χ0v) is 12.7. The van der Waals surface area contributed by atoms with Gasteiger partial charge < -0.3 is 4.74 Å². The van der Waals surface area contributed by atoms with E-state index < -0.39 is 16.0 Å². The van der Waals surface area contributed by atoms with Gasteiger partial charge in [-0.2, -0.15) is 0 Å². The molecule has 0 atom stereocenters. The van der Waals surface area contributed by atoms with Crippen LogP contribution in [0.15, 0.2) is 41.3 Å². The second-order valence-electron chi connectivity index (χ2n) is 4.83. The minimum absolute atomic E-state index is 0.114. The Kier molecular flexibility index (Phi) is 5.47. The van der Waals surface area contributed by atoms with Crippen LogP contribution in [0.5, 0.6) is 0 Å². The minimum Gasteiger partial charge on any atom is -0.458 e. The fourth-order valence-corrected chi connectivity index (χ4v) is 2.67. The topological polar surface area (TPSA) is 72.5 Å². The molecule has 0 heterocycles. The van der Waals surface area contributed by atoms with Crippen LogP contribution in [0, 0.1) is 0 Å². The Hall–Kier alpha value is -1.66. The predicted molar refractivity (Wildman–Crippen MR) is 77.0 cm³/mol. The lowest BCUT2D eigenvalue weighted by Crippen LogP contribution is -2.30. The normalized spacial score (nSPS) is 11.4. The Labute approximate surface area is 119 Å². The number of esters is 1. The van der Waals surface area contributed by atoms with Crippen LogP contribution in [-0.4, -0.2) is 27.0 Å². The summed E-state index contributed by atoms with van der Waals surface area (Å²) in [5, 5.41) is 0. The Bertz CT molecular complexity index is 588. The molecule has 0 radical (unpaired) electrons. The average molecular weight is 297 g/mol. The van der Waals surface area contributed by atoms with E-state index in [1.807, 2.05) is 0 Å². The summed E-state index contributed by atoms with van der Waals surface area (Å²) in [6.07, 6.45) is 0. The smallest absolute Gasteiger partial charge is 0.338 e. The molecular formula is C14H19NO4S. The maximum absolute atomic E-state index is 11.9. The lowest BCUT2D eigenvalue weighted by atomic mass is 10.2. The zero-order valence-electron chi connectivity index (χ0n) is 11.8. The van der Waals surface area contributed by atoms with Crippen molar-refractivity contribution in [3.05, 3.63) is 42.0 Å². The summed E-state index contributed by atoms with van der Waals surface area (Å²) in [5.74, 6) is -0.506. The number of hydrogen-bond acceptors (Lipinski definition) is 4. The third-order valence-electron chi connectivity index (χ3n) is 2.24. The number of benzene rings is 1. The molecule has 6 heteroatoms. The van der Waals surface area contributed by atoms with Crippen molar-refractivity contribution in [2.75, 3.05) is 6.61 Å². The van der Waals surface area contributed by atoms with Crippen molar-refractivity contribution in [3.63, 3.8) is 0 Å². The molecule has 0 amide bonds. The molecule has 1 aromatic carbocycles. The van der Waals surface area contributed by atoms with Gasteiger partial charge in [0.25, 0.3) is 0 Å². The molecule has 0 saturated carbocycles. The first-order valence-corrected chi connectivity index (χ1v) is 7.64. The highest BCUT2D eigenvalue weighted by atomic mass is 32.2. The van der Waals surface area contributed by atoms with Crippen LogP contribution >= 0.6 is 0 Å². The molecule has 0 saturated heterocycles. The van der Waals surface area contributed by atoms with Gasteiger partial charge in [0.2, 0.25) is 10.0 Å². The highest BCUT2D eigenvalue weighted by molar-refractivity contribution is 7.89. The van der Waals surface area contributed by atoms with E-state index in [0.717, 1.165) is 5.57 Å². The molecule has 0 aromatic heterocycles. The van der Waals surface area contributed by atoms with Crippen LogP contribution in [0.25, 0.3) is 0 Å². The van der Waals surface area contributed by atoms with E-state index in [1.54, 1.807) is 20.8 Å². The van der Waals surface area contributed by atoms with Crippen molar-refractivity contribution in [2.24, 2.45) is 0 Å². The third kappa shape index (κ3) is 4.79. The first-order chi connectivity index (χ1) is 9.22. The van der Waals surface area contributed by atoms with Crippen LogP contribution in [0.4, 0.5) is 0 Å². The maximum Gasteiger partial charge on any atom is 0.338 e. The van der Waals surface area contributed by atoms with Crippen molar-refractivity contribution < 1.29 is 17.9 Å². The monoisotopic (exact) mass is 297 g/mol. The Morgan fingerprint density at radius 1 is 1.30 bits per heavy atom. The fraction of sp³-hybridized carbons (Fsp3) is 0.357. The minimum atomic E-state index is -3.54. The largest absolute Gasteiger partial charge is 0.458 e. The van der Waals surface area contributed by atoms with Crippen molar-refractivity contribution >= 4 is 16.0 Å². The number of carbonyl (C=O) groups is 1. The maximum atomic E-state index is 11.9. The molecule has 0 aliphatic rings. The highest BCUT2D eigenvalue weighted by Gasteiger charge is 2.16. The first kappa shape index (κ1) is 16.4. The lowest BCUT2D eigenvalue weighted by Gasteiger charge is -2.10. The molecule has 0 fully saturated rings. The molecule has 1 N–H and O–H groups in total. The zero-order chi connectivity index (χ0) is 15.3. The van der Waals surface area contributed by atoms with E-state index in [2.05, 4.69) is 11.3 Å². The summed E-state index contributed by atoms with van der Waals surface area (Å²) in [6, 6.07) is 5.41. The van der Waals surface area contributed by atoms with Gasteiger partial charge in [0.05, 0.1) is 10.5 Å². The van der Waals surface area contributed by atoms with Crippen LogP contribution in [0.2, 0.25) is 0 Å². The number of hydrogen-bond donors (Lipinski definition) is 1. The van der Waals surface area contributed by atoms with E-state index in [1.165, 1.54) is 24.3 Å². The SMILES string of the molecule is C=C(C)COC(=O)c1ccc(S(=O)(=O)NC(C)C)cc1. The molecule has 1 rings (SSSR count). The van der Waals surface area contributed by atoms with Crippen molar-refractivity contribution in [1.29, 1.82) is 0 Å². The van der Waals surface area contributed by atoms with Gasteiger partial charge in [0.15, 0.2) is 0 Å². The molecular weight excluding hydrogens is 278 g/mol. The van der Waals surface area contributed by atoms with Crippen LogP contribution in [0.3, 0.4) is 0 Å². The highest BCUT2D eigenvalue weighted by Crippen LogP contribution is 2.12. The summed E-state index contributed by atoms with van der Waals surface area (Å²) < 4.78 is 31.2. The van der Waals surface area contributed by atoms with Gasteiger partial charge in [-0.15, -0.1) is 0 Å². The molecule has 0 spiro atoms. The summed E-state index contributed by atoms with van der Waals surface area (Å²) in [7, 11) is -3.54. The molecule has 0 aliphatic carbocycles. The van der Waals surface area contributed by atoms with Crippen LogP contribution < -0.4 is 4.72 Å². The number of nitrogens with one attached hydrogen (secondary N) is 1. The molecule has 20 heavy (non-hydrogen) atoms. The summed E-state index contributed by atoms with van der Waals surface area (Å²) in [5.41, 5.74) is 1.04. The Morgan fingerprint density at radius 3 is 2.30 bits per heavy atom. The van der Waals surface area contributed by atoms with Gasteiger partial charge in [-0.3, -0.25) is 0 Å². The van der Waals surface area contributed by atoms with Crippen molar-refractivity contribution in [1.82, 2.24) is 4.72 Å². The third-order valence-corrected chi connectivity index (χ3v) is 3.92. The number of ether oxygens (including phenoxy) is 1. The summed E-state index contributed by atoms with van der Waals surface area (Å²) >= 11 is 0. The number of carbonyl (C=O) groups excluding carboxylic acids is 1. The molecule has 0 aliphatic heterocycles. The fourth-order valence-electron chi connectivity index (χ4n) is 1.42. The van der Waals surface area contributed by atoms with Crippen LogP contribution in [-0.2, 0) is 14.8 Å². The molecule has 0 bridgehead atoms. The summed E-state index contributed by atoms with van der Waals surface area (Å²) in [4.78, 5) is 11.8. The van der Waals surface area contributed by atoms with Crippen LogP contribution in [0.1, 0.15) is 31.1 Å². The number of rotatable bonds is 6. The van der Waals surface area contributed by atoms with Crippen molar-refractivity contribution in [2.45, 2.75) is 31.7 Å².